The number of ketones is 1. The molecule has 2 heterocycles. The number of carbonyl (C=O) groups excluding carboxylic acids is 1. The number of thiophene rings is 1. The van der Waals surface area contributed by atoms with Crippen molar-refractivity contribution in [2.45, 2.75) is 6.92 Å². The molecule has 0 aliphatic heterocycles. The van der Waals surface area contributed by atoms with Gasteiger partial charge in [0.1, 0.15) is 11.5 Å². The molecule has 3 nitrogen and oxygen atoms in total. The molecule has 0 amide bonds. The van der Waals surface area contributed by atoms with E-state index in [0.717, 1.165) is 0 Å². The largest absolute Gasteiger partial charge is 0.286 e. The van der Waals surface area contributed by atoms with Crippen molar-refractivity contribution in [3.05, 3.63) is 45.1 Å². The van der Waals surface area contributed by atoms with Crippen LogP contribution >= 0.6 is 22.9 Å². The first kappa shape index (κ1) is 10.3. The van der Waals surface area contributed by atoms with Gasteiger partial charge in [-0.25, -0.2) is 9.97 Å². The van der Waals surface area contributed by atoms with E-state index >= 15 is 0 Å². The van der Waals surface area contributed by atoms with E-state index in [9.17, 15) is 4.79 Å². The van der Waals surface area contributed by atoms with Gasteiger partial charge >= 0.3 is 0 Å². The lowest BCUT2D eigenvalue weighted by Gasteiger charge is -1.97. The van der Waals surface area contributed by atoms with Crippen molar-refractivity contribution in [2.24, 2.45) is 0 Å². The van der Waals surface area contributed by atoms with Crippen LogP contribution in [0.1, 0.15) is 21.2 Å². The van der Waals surface area contributed by atoms with Crippen molar-refractivity contribution >= 4 is 28.7 Å². The van der Waals surface area contributed by atoms with Crippen molar-refractivity contribution < 1.29 is 4.79 Å². The van der Waals surface area contributed by atoms with Crippen molar-refractivity contribution in [3.8, 4) is 0 Å². The lowest BCUT2D eigenvalue weighted by atomic mass is 10.2. The fourth-order valence-electron chi connectivity index (χ4n) is 1.15. The van der Waals surface area contributed by atoms with E-state index in [2.05, 4.69) is 9.97 Å². The molecule has 0 aliphatic carbocycles. The summed E-state index contributed by atoms with van der Waals surface area (Å²) in [6, 6.07) is 5.00. The van der Waals surface area contributed by atoms with Gasteiger partial charge in [0, 0.05) is 6.20 Å². The topological polar surface area (TPSA) is 42.9 Å². The van der Waals surface area contributed by atoms with E-state index in [-0.39, 0.29) is 5.78 Å². The summed E-state index contributed by atoms with van der Waals surface area (Å²) in [4.78, 5) is 20.5. The number of halogens is 1. The van der Waals surface area contributed by atoms with Crippen molar-refractivity contribution in [1.29, 1.82) is 0 Å². The van der Waals surface area contributed by atoms with Crippen LogP contribution in [0.15, 0.2) is 24.4 Å². The molecule has 0 spiro atoms. The summed E-state index contributed by atoms with van der Waals surface area (Å²) in [5, 5.41) is 0. The molecule has 0 N–H and O–H groups in total. The highest BCUT2D eigenvalue weighted by atomic mass is 35.5. The molecule has 2 rings (SSSR count). The second-order valence-corrected chi connectivity index (χ2v) is 4.64. The Kier molecular flexibility index (Phi) is 2.79. The fraction of sp³-hybridized carbons (Fsp3) is 0.100. The number of hydrogen-bond donors (Lipinski definition) is 0. The quantitative estimate of drug-likeness (QED) is 0.756. The van der Waals surface area contributed by atoms with E-state index in [1.54, 1.807) is 31.3 Å². The van der Waals surface area contributed by atoms with Gasteiger partial charge in [0.15, 0.2) is 0 Å². The second-order valence-electron chi connectivity index (χ2n) is 2.92. The third-order valence-corrected chi connectivity index (χ3v) is 3.04. The van der Waals surface area contributed by atoms with E-state index in [0.29, 0.717) is 20.7 Å². The minimum absolute atomic E-state index is 0.114. The highest BCUT2D eigenvalue weighted by Gasteiger charge is 2.12. The van der Waals surface area contributed by atoms with Crippen molar-refractivity contribution in [3.63, 3.8) is 0 Å². The average molecular weight is 239 g/mol. The third-order valence-electron chi connectivity index (χ3n) is 1.81. The summed E-state index contributed by atoms with van der Waals surface area (Å²) in [5.41, 5.74) is 0.404. The Bertz CT molecular complexity index is 510. The summed E-state index contributed by atoms with van der Waals surface area (Å²) in [6.07, 6.45) is 1.57. The number of nitrogens with zero attached hydrogens (tertiary/aromatic N) is 2. The fourth-order valence-corrected chi connectivity index (χ4v) is 2.14. The average Bonchev–Trinajstić information content (AvgIpc) is 2.64. The van der Waals surface area contributed by atoms with Crippen LogP contribution in [-0.4, -0.2) is 15.8 Å². The van der Waals surface area contributed by atoms with Gasteiger partial charge in [-0.3, -0.25) is 4.79 Å². The zero-order chi connectivity index (χ0) is 10.8. The predicted octanol–water partition coefficient (Wildman–Crippen LogP) is 2.73. The maximum absolute atomic E-state index is 11.9. The lowest BCUT2D eigenvalue weighted by Crippen LogP contribution is -2.03. The Labute approximate surface area is 95.8 Å². The van der Waals surface area contributed by atoms with Crippen LogP contribution in [0.3, 0.4) is 0 Å². The molecule has 5 heteroatoms. The smallest absolute Gasteiger partial charge is 0.221 e. The van der Waals surface area contributed by atoms with Crippen LogP contribution in [-0.2, 0) is 0 Å². The highest BCUT2D eigenvalue weighted by Crippen LogP contribution is 2.23. The number of aromatic nitrogens is 2. The molecule has 0 unspecified atom stereocenters. The summed E-state index contributed by atoms with van der Waals surface area (Å²) < 4.78 is 0.601. The Morgan fingerprint density at radius 1 is 1.40 bits per heavy atom. The van der Waals surface area contributed by atoms with Gasteiger partial charge in [0.05, 0.1) is 9.21 Å². The second kappa shape index (κ2) is 4.08. The van der Waals surface area contributed by atoms with Gasteiger partial charge in [-0.15, -0.1) is 11.3 Å². The minimum atomic E-state index is -0.114. The minimum Gasteiger partial charge on any atom is -0.286 e. The normalized spacial score (nSPS) is 10.3. The van der Waals surface area contributed by atoms with E-state index < -0.39 is 0 Å². The maximum Gasteiger partial charge on any atom is 0.221 e. The molecule has 0 radical (unpaired) electrons. The lowest BCUT2D eigenvalue weighted by molar-refractivity contribution is 0.103. The summed E-state index contributed by atoms with van der Waals surface area (Å²) in [7, 11) is 0. The Morgan fingerprint density at radius 3 is 2.80 bits per heavy atom. The van der Waals surface area contributed by atoms with Gasteiger partial charge in [-0.05, 0) is 25.1 Å². The van der Waals surface area contributed by atoms with E-state index in [1.807, 2.05) is 0 Å². The summed E-state index contributed by atoms with van der Waals surface area (Å²) in [5.74, 6) is 0.473. The van der Waals surface area contributed by atoms with Crippen LogP contribution in [0.4, 0.5) is 0 Å². The van der Waals surface area contributed by atoms with Crippen LogP contribution < -0.4 is 0 Å². The number of hydrogen-bond acceptors (Lipinski definition) is 4. The van der Waals surface area contributed by atoms with E-state index in [4.69, 9.17) is 11.6 Å². The number of rotatable bonds is 2. The zero-order valence-electron chi connectivity index (χ0n) is 7.90. The standard InChI is InChI=1S/C10H7ClN2OS/c1-6-12-5-4-7(13-6)10(14)8-2-3-9(11)15-8/h2-5H,1H3. The molecule has 0 bridgehead atoms. The molecule has 76 valence electrons. The number of carbonyl (C=O) groups is 1. The van der Waals surface area contributed by atoms with Crippen LogP contribution in [0, 0.1) is 6.92 Å². The first-order valence-corrected chi connectivity index (χ1v) is 5.46. The van der Waals surface area contributed by atoms with Crippen LogP contribution in [0.2, 0.25) is 4.34 Å². The molecule has 0 saturated heterocycles. The SMILES string of the molecule is Cc1nccc(C(=O)c2ccc(Cl)s2)n1. The molecule has 2 aromatic heterocycles. The van der Waals surface area contributed by atoms with Crippen molar-refractivity contribution in [2.75, 3.05) is 0 Å². The summed E-state index contributed by atoms with van der Waals surface area (Å²) in [6.45, 7) is 1.75. The maximum atomic E-state index is 11.9. The molecule has 0 aliphatic rings. The Hall–Kier alpha value is -1.26. The first-order valence-electron chi connectivity index (χ1n) is 4.26. The third kappa shape index (κ3) is 2.22. The molecule has 15 heavy (non-hydrogen) atoms. The predicted molar refractivity (Wildman–Crippen MR) is 59.5 cm³/mol. The van der Waals surface area contributed by atoms with Gasteiger partial charge in [-0.1, -0.05) is 11.6 Å². The first-order chi connectivity index (χ1) is 7.16. The van der Waals surface area contributed by atoms with Gasteiger partial charge in [0.2, 0.25) is 5.78 Å². The molecule has 2 aromatic rings. The summed E-state index contributed by atoms with van der Waals surface area (Å²) >= 11 is 7.01. The van der Waals surface area contributed by atoms with Crippen LogP contribution in [0.25, 0.3) is 0 Å². The Morgan fingerprint density at radius 2 is 2.20 bits per heavy atom. The van der Waals surface area contributed by atoms with Gasteiger partial charge < -0.3 is 0 Å². The number of aryl methyl sites for hydroxylation is 1. The molecule has 0 fully saturated rings. The Balaban J connectivity index is 2.36. The van der Waals surface area contributed by atoms with Crippen LogP contribution in [0.5, 0.6) is 0 Å². The molecular formula is C10H7ClN2OS. The zero-order valence-corrected chi connectivity index (χ0v) is 9.47. The highest BCUT2D eigenvalue weighted by molar-refractivity contribution is 7.18. The molecule has 0 atom stereocenters. The van der Waals surface area contributed by atoms with Gasteiger partial charge in [0.25, 0.3) is 0 Å². The monoisotopic (exact) mass is 238 g/mol. The van der Waals surface area contributed by atoms with Gasteiger partial charge in [-0.2, -0.15) is 0 Å². The van der Waals surface area contributed by atoms with Crippen molar-refractivity contribution in [1.82, 2.24) is 9.97 Å². The molecule has 0 aromatic carbocycles. The van der Waals surface area contributed by atoms with E-state index in [1.165, 1.54) is 11.3 Å². The molecule has 0 saturated carbocycles. The molecular weight excluding hydrogens is 232 g/mol.